The second kappa shape index (κ2) is 11.9. The number of nitrogens with zero attached hydrogens (tertiary/aromatic N) is 2. The number of hydrogen-bond acceptors (Lipinski definition) is 3. The molecule has 8 aromatic carbocycles. The Balaban J connectivity index is 0.975. The van der Waals surface area contributed by atoms with Gasteiger partial charge in [0.15, 0.2) is 0 Å². The number of benzene rings is 8. The average molecular weight is 677 g/mol. The van der Waals surface area contributed by atoms with Crippen LogP contribution >= 0.6 is 0 Å². The summed E-state index contributed by atoms with van der Waals surface area (Å²) in [5, 5.41) is 7.13. The van der Waals surface area contributed by atoms with Crippen LogP contribution < -0.4 is 4.74 Å². The fraction of sp³-hybridized carbons (Fsp3) is 0.0400. The van der Waals surface area contributed by atoms with Crippen LogP contribution in [0.3, 0.4) is 0 Å². The van der Waals surface area contributed by atoms with Crippen LogP contribution in [0.1, 0.15) is 17.0 Å². The highest BCUT2D eigenvalue weighted by molar-refractivity contribution is 6.23. The van der Waals surface area contributed by atoms with E-state index in [0.717, 1.165) is 61.1 Å². The number of aromatic nitrogens is 2. The van der Waals surface area contributed by atoms with E-state index in [2.05, 4.69) is 176 Å². The van der Waals surface area contributed by atoms with Crippen molar-refractivity contribution in [2.24, 2.45) is 0 Å². The number of rotatable bonds is 4. The molecule has 0 radical (unpaired) electrons. The zero-order valence-electron chi connectivity index (χ0n) is 28.8. The minimum Gasteiger partial charge on any atom is -0.484 e. The summed E-state index contributed by atoms with van der Waals surface area (Å²) in [5.41, 5.74) is 12.0. The molecule has 0 bridgehead atoms. The van der Waals surface area contributed by atoms with Gasteiger partial charge < -0.3 is 4.74 Å². The van der Waals surface area contributed by atoms with E-state index in [4.69, 9.17) is 14.7 Å². The molecule has 3 nitrogen and oxygen atoms in total. The first-order valence-corrected chi connectivity index (χ1v) is 18.2. The number of fused-ring (bicyclic) bond motifs is 11. The van der Waals surface area contributed by atoms with Gasteiger partial charge in [-0.15, -0.1) is 0 Å². The van der Waals surface area contributed by atoms with Crippen LogP contribution in [0.15, 0.2) is 182 Å². The fourth-order valence-corrected chi connectivity index (χ4v) is 8.59. The monoisotopic (exact) mass is 676 g/mol. The minimum absolute atomic E-state index is 0.116. The number of allylic oxidation sites excluding steroid dienone is 2. The van der Waals surface area contributed by atoms with Gasteiger partial charge in [-0.25, -0.2) is 4.98 Å². The Morgan fingerprint density at radius 3 is 1.87 bits per heavy atom. The topological polar surface area (TPSA) is 35.0 Å². The first-order chi connectivity index (χ1) is 26.3. The molecule has 248 valence electrons. The van der Waals surface area contributed by atoms with Gasteiger partial charge in [-0.2, -0.15) is 0 Å². The molecule has 2 unspecified atom stereocenters. The fourth-order valence-electron chi connectivity index (χ4n) is 8.59. The summed E-state index contributed by atoms with van der Waals surface area (Å²) >= 11 is 0. The predicted molar refractivity (Wildman–Crippen MR) is 219 cm³/mol. The SMILES string of the molecule is C1=CC2c3c(c(-c4ccccc4)cc4ccccc34)OC2C(c2cccc(-c3cccc(-c4cnc5c6ccccc6c6ccccc6c5n4)c3)c2)=C1. The summed E-state index contributed by atoms with van der Waals surface area (Å²) in [6, 6.07) is 56.1. The highest BCUT2D eigenvalue weighted by Crippen LogP contribution is 2.53. The van der Waals surface area contributed by atoms with Gasteiger partial charge in [0.1, 0.15) is 11.9 Å². The van der Waals surface area contributed by atoms with Gasteiger partial charge in [-0.1, -0.05) is 158 Å². The Bertz CT molecular complexity index is 2960. The Kier molecular flexibility index (Phi) is 6.68. The van der Waals surface area contributed by atoms with Crippen molar-refractivity contribution < 1.29 is 4.74 Å². The highest BCUT2D eigenvalue weighted by Gasteiger charge is 2.40. The zero-order chi connectivity index (χ0) is 34.9. The lowest BCUT2D eigenvalue weighted by atomic mass is 9.81. The van der Waals surface area contributed by atoms with E-state index >= 15 is 0 Å². The molecule has 53 heavy (non-hydrogen) atoms. The van der Waals surface area contributed by atoms with Gasteiger partial charge in [0.2, 0.25) is 0 Å². The van der Waals surface area contributed by atoms with E-state index in [1.165, 1.54) is 38.2 Å². The summed E-state index contributed by atoms with van der Waals surface area (Å²) in [6.07, 6.45) is 8.54. The molecule has 1 aromatic heterocycles. The van der Waals surface area contributed by atoms with E-state index in [-0.39, 0.29) is 12.0 Å². The molecule has 2 aliphatic rings. The van der Waals surface area contributed by atoms with E-state index in [1.807, 2.05) is 6.20 Å². The standard InChI is InChI=1S/C50H32N2O/c1-2-13-31(14-3-1)44-29-35-15-4-5-20-37(35)46-43-26-12-25-38(49(43)53-50(44)46)34-18-10-16-32(27-34)33-17-11-19-36(28-33)45-30-51-47-41-23-8-6-21-39(41)40-22-7-9-24-42(40)48(47)52-45/h1-30,43,49H. The zero-order valence-corrected chi connectivity index (χ0v) is 28.8. The van der Waals surface area contributed by atoms with Gasteiger partial charge in [0.05, 0.1) is 22.9 Å². The van der Waals surface area contributed by atoms with Crippen LogP contribution in [0.4, 0.5) is 0 Å². The normalized spacial score (nSPS) is 16.1. The molecule has 0 amide bonds. The Morgan fingerprint density at radius 2 is 1.09 bits per heavy atom. The molecule has 0 saturated heterocycles. The van der Waals surface area contributed by atoms with Gasteiger partial charge >= 0.3 is 0 Å². The molecule has 11 rings (SSSR count). The van der Waals surface area contributed by atoms with Crippen molar-refractivity contribution in [2.75, 3.05) is 0 Å². The van der Waals surface area contributed by atoms with Crippen LogP contribution in [0, 0.1) is 0 Å². The summed E-state index contributed by atoms with van der Waals surface area (Å²) in [6.45, 7) is 0. The number of ether oxygens (including phenoxy) is 1. The lowest BCUT2D eigenvalue weighted by Crippen LogP contribution is -2.21. The Morgan fingerprint density at radius 1 is 0.491 bits per heavy atom. The molecule has 0 N–H and O–H groups in total. The van der Waals surface area contributed by atoms with Crippen molar-refractivity contribution in [1.82, 2.24) is 9.97 Å². The van der Waals surface area contributed by atoms with Crippen LogP contribution in [-0.2, 0) is 0 Å². The molecule has 1 aliphatic carbocycles. The molecule has 2 atom stereocenters. The van der Waals surface area contributed by atoms with Gasteiger partial charge in [-0.3, -0.25) is 4.98 Å². The van der Waals surface area contributed by atoms with Crippen molar-refractivity contribution in [1.29, 1.82) is 0 Å². The molecule has 3 heteroatoms. The maximum Gasteiger partial charge on any atom is 0.135 e. The maximum atomic E-state index is 7.05. The average Bonchev–Trinajstić information content (AvgIpc) is 3.64. The van der Waals surface area contributed by atoms with E-state index in [0.29, 0.717) is 0 Å². The largest absolute Gasteiger partial charge is 0.484 e. The van der Waals surface area contributed by atoms with Crippen molar-refractivity contribution in [2.45, 2.75) is 12.0 Å². The molecule has 0 saturated carbocycles. The van der Waals surface area contributed by atoms with Crippen molar-refractivity contribution >= 4 is 48.9 Å². The smallest absolute Gasteiger partial charge is 0.135 e. The molecular formula is C50H32N2O. The van der Waals surface area contributed by atoms with Crippen molar-refractivity contribution in [3.05, 3.63) is 193 Å². The third-order valence-electron chi connectivity index (χ3n) is 11.0. The summed E-state index contributed by atoms with van der Waals surface area (Å²) < 4.78 is 7.05. The Hall–Kier alpha value is -6.84. The quantitative estimate of drug-likeness (QED) is 0.174. The molecule has 0 spiro atoms. The third-order valence-corrected chi connectivity index (χ3v) is 11.0. The summed E-state index contributed by atoms with van der Waals surface area (Å²) in [7, 11) is 0. The second-order valence-electron chi connectivity index (χ2n) is 14.0. The molecular weight excluding hydrogens is 645 g/mol. The third kappa shape index (κ3) is 4.74. The molecule has 9 aromatic rings. The van der Waals surface area contributed by atoms with E-state index in [9.17, 15) is 0 Å². The molecule has 2 heterocycles. The summed E-state index contributed by atoms with van der Waals surface area (Å²) in [5.74, 6) is 1.11. The van der Waals surface area contributed by atoms with Gasteiger partial charge in [-0.05, 0) is 62.0 Å². The lowest BCUT2D eigenvalue weighted by molar-refractivity contribution is 0.279. The molecule has 0 fully saturated rings. The van der Waals surface area contributed by atoms with Crippen LogP contribution in [0.25, 0.3) is 82.4 Å². The van der Waals surface area contributed by atoms with Gasteiger partial charge in [0, 0.05) is 39.0 Å². The molecule has 1 aliphatic heterocycles. The first kappa shape index (κ1) is 29.8. The Labute approximate surface area is 307 Å². The highest BCUT2D eigenvalue weighted by atomic mass is 16.5. The minimum atomic E-state index is -0.122. The van der Waals surface area contributed by atoms with Crippen LogP contribution in [-0.4, -0.2) is 16.1 Å². The van der Waals surface area contributed by atoms with E-state index in [1.54, 1.807) is 0 Å². The first-order valence-electron chi connectivity index (χ1n) is 18.2. The van der Waals surface area contributed by atoms with Crippen molar-refractivity contribution in [3.8, 4) is 39.3 Å². The predicted octanol–water partition coefficient (Wildman–Crippen LogP) is 12.6. The number of hydrogen-bond donors (Lipinski definition) is 0. The van der Waals surface area contributed by atoms with Gasteiger partial charge in [0.25, 0.3) is 0 Å². The lowest BCUT2D eigenvalue weighted by Gasteiger charge is -2.23. The maximum absolute atomic E-state index is 7.05. The van der Waals surface area contributed by atoms with Crippen molar-refractivity contribution in [3.63, 3.8) is 0 Å². The summed E-state index contributed by atoms with van der Waals surface area (Å²) in [4.78, 5) is 10.3. The van der Waals surface area contributed by atoms with Crippen LogP contribution in [0.2, 0.25) is 0 Å². The van der Waals surface area contributed by atoms with E-state index < -0.39 is 0 Å². The second-order valence-corrected chi connectivity index (χ2v) is 14.0. The van der Waals surface area contributed by atoms with Crippen LogP contribution in [0.5, 0.6) is 5.75 Å².